The van der Waals surface area contributed by atoms with Gasteiger partial charge in [0.1, 0.15) is 4.90 Å². The fourth-order valence-electron chi connectivity index (χ4n) is 1.44. The zero-order chi connectivity index (χ0) is 13.4. The van der Waals surface area contributed by atoms with Crippen LogP contribution in [0.4, 0.5) is 19.4 Å². The molecule has 1 nitrogen and oxygen atoms in total. The molecule has 0 spiro atoms. The van der Waals surface area contributed by atoms with Gasteiger partial charge in [0.15, 0.2) is 0 Å². The molecule has 0 saturated heterocycles. The number of hydrogen-bond donors (Lipinski definition) is 1. The molecule has 1 rings (SSSR count). The van der Waals surface area contributed by atoms with Gasteiger partial charge in [-0.3, -0.25) is 0 Å². The van der Waals surface area contributed by atoms with Gasteiger partial charge in [0, 0.05) is 6.04 Å². The maximum absolute atomic E-state index is 12.4. The number of rotatable bonds is 4. The Morgan fingerprint density at radius 1 is 1.06 bits per heavy atom. The molecule has 1 N–H and O–H groups in total. The Morgan fingerprint density at radius 3 is 1.88 bits per heavy atom. The molecule has 1 atom stereocenters. The topological polar surface area (TPSA) is 12.0 Å². The first-order valence-corrected chi connectivity index (χ1v) is 6.96. The van der Waals surface area contributed by atoms with Gasteiger partial charge in [-0.2, -0.15) is 0 Å². The summed E-state index contributed by atoms with van der Waals surface area (Å²) in [6.07, 6.45) is 0. The minimum absolute atomic E-state index is 0.174. The number of halogens is 5. The Labute approximate surface area is 96.7 Å². The first kappa shape index (κ1) is 14.2. The van der Waals surface area contributed by atoms with E-state index in [1.165, 1.54) is 0 Å². The lowest BCUT2D eigenvalue weighted by Gasteiger charge is -2.40. The van der Waals surface area contributed by atoms with Crippen molar-refractivity contribution < 1.29 is 19.4 Å². The molecule has 1 aromatic carbocycles. The van der Waals surface area contributed by atoms with Crippen LogP contribution in [0, 0.1) is 0 Å². The maximum atomic E-state index is 12.4. The monoisotopic (exact) mass is 275 g/mol. The van der Waals surface area contributed by atoms with Gasteiger partial charge < -0.3 is 5.32 Å². The quantitative estimate of drug-likeness (QED) is 0.761. The Bertz CT molecular complexity index is 396. The van der Waals surface area contributed by atoms with Crippen LogP contribution < -0.4 is 5.32 Å². The van der Waals surface area contributed by atoms with E-state index in [0.717, 1.165) is 12.1 Å². The van der Waals surface area contributed by atoms with E-state index in [2.05, 4.69) is 5.32 Å². The highest BCUT2D eigenvalue weighted by Gasteiger charge is 2.65. The van der Waals surface area contributed by atoms with Gasteiger partial charge in [-0.1, -0.05) is 38.5 Å². The SMILES string of the molecule is CCNC(C)c1ccc(S(F)(F)(F)(F)F)cc1. The van der Waals surface area contributed by atoms with Crippen LogP contribution in [0.1, 0.15) is 25.5 Å². The minimum atomic E-state index is -9.53. The van der Waals surface area contributed by atoms with Gasteiger partial charge in [0.05, 0.1) is 0 Å². The highest BCUT2D eigenvalue weighted by atomic mass is 32.5. The summed E-state index contributed by atoms with van der Waals surface area (Å²) in [5.74, 6) is 0. The lowest BCUT2D eigenvalue weighted by molar-refractivity contribution is 0.364. The molecule has 0 radical (unpaired) electrons. The fourth-order valence-corrected chi connectivity index (χ4v) is 2.09. The largest absolute Gasteiger partial charge is 0.310 e. The molecule has 0 bridgehead atoms. The molecule has 7 heteroatoms. The van der Waals surface area contributed by atoms with Crippen LogP contribution in [0.25, 0.3) is 0 Å². The van der Waals surface area contributed by atoms with Gasteiger partial charge in [-0.05, 0) is 31.2 Å². The van der Waals surface area contributed by atoms with Gasteiger partial charge in [0.2, 0.25) is 0 Å². The van der Waals surface area contributed by atoms with Crippen molar-refractivity contribution in [1.82, 2.24) is 5.32 Å². The van der Waals surface area contributed by atoms with Crippen molar-refractivity contribution in [1.29, 1.82) is 0 Å². The van der Waals surface area contributed by atoms with E-state index in [9.17, 15) is 19.4 Å². The molecule has 0 amide bonds. The highest BCUT2D eigenvalue weighted by molar-refractivity contribution is 8.45. The van der Waals surface area contributed by atoms with Crippen molar-refractivity contribution in [2.45, 2.75) is 24.8 Å². The molecule has 0 aromatic heterocycles. The average Bonchev–Trinajstić information content (AvgIpc) is 2.15. The van der Waals surface area contributed by atoms with E-state index in [1.807, 2.05) is 6.92 Å². The Hall–Kier alpha value is -0.820. The summed E-state index contributed by atoms with van der Waals surface area (Å²) in [7, 11) is -9.53. The van der Waals surface area contributed by atoms with Crippen molar-refractivity contribution in [3.05, 3.63) is 29.8 Å². The fraction of sp³-hybridized carbons (Fsp3) is 0.400. The Balaban J connectivity index is 3.06. The van der Waals surface area contributed by atoms with Gasteiger partial charge in [-0.15, -0.1) is 0 Å². The van der Waals surface area contributed by atoms with Crippen LogP contribution >= 0.6 is 10.2 Å². The molecular weight excluding hydrogens is 261 g/mol. The van der Waals surface area contributed by atoms with Crippen LogP contribution in [0.15, 0.2) is 29.2 Å². The molecule has 100 valence electrons. The second-order valence-electron chi connectivity index (χ2n) is 3.82. The van der Waals surface area contributed by atoms with Crippen LogP contribution in [0.3, 0.4) is 0 Å². The second kappa shape index (κ2) is 3.58. The summed E-state index contributed by atoms with van der Waals surface area (Å²) >= 11 is 0. The van der Waals surface area contributed by atoms with Crippen molar-refractivity contribution in [2.24, 2.45) is 0 Å². The molecule has 0 aliphatic carbocycles. The standard InChI is InChI=1S/C10H14F5NS/c1-3-16-8(2)9-4-6-10(7-5-9)17(11,12,13,14)15/h4-8,16H,3H2,1-2H3. The summed E-state index contributed by atoms with van der Waals surface area (Å²) < 4.78 is 62.1. The molecule has 0 aliphatic rings. The van der Waals surface area contributed by atoms with E-state index < -0.39 is 15.1 Å². The molecule has 0 aliphatic heterocycles. The first-order chi connectivity index (χ1) is 7.44. The lowest BCUT2D eigenvalue weighted by Crippen LogP contribution is -2.17. The molecule has 1 unspecified atom stereocenters. The molecular formula is C10H14F5NS. The summed E-state index contributed by atoms with van der Waals surface area (Å²) in [5.41, 5.74) is 0.539. The molecule has 0 heterocycles. The summed E-state index contributed by atoms with van der Waals surface area (Å²) in [4.78, 5) is -1.85. The minimum Gasteiger partial charge on any atom is -0.310 e. The summed E-state index contributed by atoms with van der Waals surface area (Å²) in [5, 5.41) is 2.98. The van der Waals surface area contributed by atoms with E-state index >= 15 is 0 Å². The van der Waals surface area contributed by atoms with Crippen molar-refractivity contribution in [3.63, 3.8) is 0 Å². The van der Waals surface area contributed by atoms with Crippen LogP contribution in [-0.2, 0) is 0 Å². The van der Waals surface area contributed by atoms with Crippen molar-refractivity contribution in [2.75, 3.05) is 6.54 Å². The Morgan fingerprint density at radius 2 is 1.53 bits per heavy atom. The molecule has 0 fully saturated rings. The number of benzene rings is 1. The first-order valence-electron chi connectivity index (χ1n) is 5.01. The second-order valence-corrected chi connectivity index (χ2v) is 6.23. The third kappa shape index (κ3) is 3.85. The third-order valence-corrected chi connectivity index (χ3v) is 3.50. The van der Waals surface area contributed by atoms with E-state index in [-0.39, 0.29) is 6.04 Å². The molecule has 0 saturated carbocycles. The van der Waals surface area contributed by atoms with Gasteiger partial charge >= 0.3 is 10.2 Å². The highest BCUT2D eigenvalue weighted by Crippen LogP contribution is 3.02. The van der Waals surface area contributed by atoms with E-state index in [1.54, 1.807) is 6.92 Å². The molecule has 17 heavy (non-hydrogen) atoms. The molecule has 1 aromatic rings. The summed E-state index contributed by atoms with van der Waals surface area (Å²) in [6.45, 7) is 4.24. The zero-order valence-corrected chi connectivity index (χ0v) is 10.2. The van der Waals surface area contributed by atoms with Gasteiger partial charge in [-0.25, -0.2) is 0 Å². The Kier molecular flexibility index (Phi) is 3.00. The van der Waals surface area contributed by atoms with Crippen molar-refractivity contribution >= 4 is 10.2 Å². The maximum Gasteiger partial charge on any atom is 0.310 e. The zero-order valence-electron chi connectivity index (χ0n) is 9.39. The number of nitrogens with one attached hydrogen (secondary N) is 1. The van der Waals surface area contributed by atoms with E-state index in [4.69, 9.17) is 0 Å². The van der Waals surface area contributed by atoms with Crippen LogP contribution in [-0.4, -0.2) is 6.54 Å². The normalized spacial score (nSPS) is 18.3. The number of hydrogen-bond acceptors (Lipinski definition) is 1. The smallest absolute Gasteiger partial charge is 0.310 e. The van der Waals surface area contributed by atoms with Crippen molar-refractivity contribution in [3.8, 4) is 0 Å². The van der Waals surface area contributed by atoms with E-state index in [0.29, 0.717) is 24.2 Å². The predicted molar refractivity (Wildman–Crippen MR) is 59.9 cm³/mol. The van der Waals surface area contributed by atoms with Crippen LogP contribution in [0.2, 0.25) is 0 Å². The average molecular weight is 275 g/mol. The van der Waals surface area contributed by atoms with Crippen LogP contribution in [0.5, 0.6) is 0 Å². The van der Waals surface area contributed by atoms with Gasteiger partial charge in [0.25, 0.3) is 0 Å². The summed E-state index contributed by atoms with van der Waals surface area (Å²) in [6, 6.07) is 2.84. The lowest BCUT2D eigenvalue weighted by atomic mass is 10.1. The third-order valence-electron chi connectivity index (χ3n) is 2.34. The predicted octanol–water partition coefficient (Wildman–Crippen LogP) is 5.01.